The van der Waals surface area contributed by atoms with Crippen LogP contribution in [0.25, 0.3) is 0 Å². The average molecular weight is 310 g/mol. The number of fused-ring (bicyclic) bond motifs is 1. The molecule has 1 heterocycles. The molecule has 3 heteroatoms. The first kappa shape index (κ1) is 12.6. The molecular weight excluding hydrogens is 290 g/mol. The first-order chi connectivity index (χ1) is 8.74. The van der Waals surface area contributed by atoms with E-state index < -0.39 is 0 Å². The quantitative estimate of drug-likeness (QED) is 0.786. The second-order valence-corrected chi connectivity index (χ2v) is 6.34. The maximum Gasteiger partial charge on any atom is 0.0674 e. The highest BCUT2D eigenvalue weighted by atomic mass is 79.9. The molecule has 2 aliphatic rings. The molecule has 1 fully saturated rings. The largest absolute Gasteiger partial charge is 0.376 e. The van der Waals surface area contributed by atoms with Crippen LogP contribution in [0.1, 0.15) is 36.9 Å². The van der Waals surface area contributed by atoms with Gasteiger partial charge in [0.05, 0.1) is 12.7 Å². The molecule has 0 bridgehead atoms. The molecule has 0 aromatic heterocycles. The summed E-state index contributed by atoms with van der Waals surface area (Å²) in [5, 5.41) is 0. The van der Waals surface area contributed by atoms with Gasteiger partial charge in [0, 0.05) is 23.6 Å². The number of rotatable bonds is 1. The molecule has 0 saturated carbocycles. The standard InChI is InChI=1S/C15H20BrNO/c1-11-10-17(7-8-18-11)15-4-2-3-12-9-13(16)5-6-14(12)15/h5-6,9,11,15H,2-4,7-8,10H2,1H3. The Balaban J connectivity index is 1.86. The lowest BCUT2D eigenvalue weighted by atomic mass is 9.86. The van der Waals surface area contributed by atoms with Gasteiger partial charge in [0.2, 0.25) is 0 Å². The van der Waals surface area contributed by atoms with E-state index >= 15 is 0 Å². The summed E-state index contributed by atoms with van der Waals surface area (Å²) >= 11 is 3.58. The summed E-state index contributed by atoms with van der Waals surface area (Å²) < 4.78 is 6.86. The fourth-order valence-electron chi connectivity index (χ4n) is 3.26. The lowest BCUT2D eigenvalue weighted by molar-refractivity contribution is -0.0371. The van der Waals surface area contributed by atoms with Gasteiger partial charge in [-0.3, -0.25) is 4.90 Å². The molecule has 0 N–H and O–H groups in total. The summed E-state index contributed by atoms with van der Waals surface area (Å²) in [7, 11) is 0. The monoisotopic (exact) mass is 309 g/mol. The third-order valence-electron chi connectivity index (χ3n) is 4.10. The minimum absolute atomic E-state index is 0.375. The van der Waals surface area contributed by atoms with Crippen LogP contribution >= 0.6 is 15.9 Å². The number of hydrogen-bond acceptors (Lipinski definition) is 2. The molecule has 0 radical (unpaired) electrons. The van der Waals surface area contributed by atoms with Crippen molar-refractivity contribution in [3.8, 4) is 0 Å². The SMILES string of the molecule is CC1CN(C2CCCc3cc(Br)ccc32)CCO1. The van der Waals surface area contributed by atoms with Gasteiger partial charge < -0.3 is 4.74 Å². The minimum atomic E-state index is 0.375. The number of ether oxygens (including phenoxy) is 1. The van der Waals surface area contributed by atoms with Gasteiger partial charge in [-0.2, -0.15) is 0 Å². The summed E-state index contributed by atoms with van der Waals surface area (Å²) in [5.74, 6) is 0. The number of halogens is 1. The number of hydrogen-bond donors (Lipinski definition) is 0. The van der Waals surface area contributed by atoms with Gasteiger partial charge in [0.15, 0.2) is 0 Å². The molecule has 2 nitrogen and oxygen atoms in total. The topological polar surface area (TPSA) is 12.5 Å². The van der Waals surface area contributed by atoms with Crippen molar-refractivity contribution in [1.29, 1.82) is 0 Å². The smallest absolute Gasteiger partial charge is 0.0674 e. The first-order valence-electron chi connectivity index (χ1n) is 6.88. The maximum absolute atomic E-state index is 5.66. The third kappa shape index (κ3) is 2.49. The molecule has 1 aliphatic carbocycles. The maximum atomic E-state index is 5.66. The Hall–Kier alpha value is -0.380. The normalized spacial score (nSPS) is 29.0. The van der Waals surface area contributed by atoms with E-state index in [0.717, 1.165) is 19.7 Å². The summed E-state index contributed by atoms with van der Waals surface area (Å²) in [6.07, 6.45) is 4.20. The van der Waals surface area contributed by atoms with Gasteiger partial charge in [-0.25, -0.2) is 0 Å². The highest BCUT2D eigenvalue weighted by Gasteiger charge is 2.28. The number of benzene rings is 1. The van der Waals surface area contributed by atoms with Crippen LogP contribution in [0.3, 0.4) is 0 Å². The zero-order valence-corrected chi connectivity index (χ0v) is 12.4. The molecule has 2 unspecified atom stereocenters. The van der Waals surface area contributed by atoms with Crippen LogP contribution in [0.5, 0.6) is 0 Å². The van der Waals surface area contributed by atoms with Crippen LogP contribution in [0.4, 0.5) is 0 Å². The van der Waals surface area contributed by atoms with E-state index in [1.54, 1.807) is 5.56 Å². The van der Waals surface area contributed by atoms with Gasteiger partial charge >= 0.3 is 0 Å². The number of morpholine rings is 1. The molecule has 98 valence electrons. The fourth-order valence-corrected chi connectivity index (χ4v) is 3.67. The van der Waals surface area contributed by atoms with Crippen molar-refractivity contribution in [3.63, 3.8) is 0 Å². The van der Waals surface area contributed by atoms with E-state index in [-0.39, 0.29) is 0 Å². The Morgan fingerprint density at radius 1 is 1.39 bits per heavy atom. The van der Waals surface area contributed by atoms with E-state index in [2.05, 4.69) is 46.0 Å². The molecule has 3 rings (SSSR count). The Morgan fingerprint density at radius 3 is 3.11 bits per heavy atom. The van der Waals surface area contributed by atoms with Crippen LogP contribution in [0, 0.1) is 0 Å². The average Bonchev–Trinajstić information content (AvgIpc) is 2.37. The van der Waals surface area contributed by atoms with Crippen molar-refractivity contribution in [1.82, 2.24) is 4.90 Å². The van der Waals surface area contributed by atoms with Crippen molar-refractivity contribution in [2.24, 2.45) is 0 Å². The molecule has 1 aliphatic heterocycles. The van der Waals surface area contributed by atoms with Crippen molar-refractivity contribution in [2.45, 2.75) is 38.3 Å². The van der Waals surface area contributed by atoms with Gasteiger partial charge in [-0.05, 0) is 49.4 Å². The summed E-state index contributed by atoms with van der Waals surface area (Å²) in [6, 6.07) is 7.39. The molecule has 1 aromatic carbocycles. The number of nitrogens with zero attached hydrogens (tertiary/aromatic N) is 1. The zero-order valence-electron chi connectivity index (χ0n) is 10.9. The molecule has 0 amide bonds. The van der Waals surface area contributed by atoms with Gasteiger partial charge in [0.1, 0.15) is 0 Å². The van der Waals surface area contributed by atoms with Crippen LogP contribution in [0.2, 0.25) is 0 Å². The zero-order chi connectivity index (χ0) is 12.5. The number of aryl methyl sites for hydroxylation is 1. The predicted octanol–water partition coefficient (Wildman–Crippen LogP) is 3.55. The van der Waals surface area contributed by atoms with E-state index in [4.69, 9.17) is 4.74 Å². The molecular formula is C15H20BrNO. The minimum Gasteiger partial charge on any atom is -0.376 e. The summed E-state index contributed by atoms with van der Waals surface area (Å²) in [4.78, 5) is 2.61. The van der Waals surface area contributed by atoms with Gasteiger partial charge in [-0.1, -0.05) is 22.0 Å². The van der Waals surface area contributed by atoms with Crippen molar-refractivity contribution >= 4 is 15.9 Å². The van der Waals surface area contributed by atoms with Crippen LogP contribution in [-0.2, 0) is 11.2 Å². The second kappa shape index (κ2) is 5.32. The van der Waals surface area contributed by atoms with Gasteiger partial charge in [0.25, 0.3) is 0 Å². The Kier molecular flexibility index (Phi) is 3.73. The molecule has 1 aromatic rings. The van der Waals surface area contributed by atoms with Crippen LogP contribution in [-0.4, -0.2) is 30.7 Å². The van der Waals surface area contributed by atoms with Crippen molar-refractivity contribution in [3.05, 3.63) is 33.8 Å². The molecule has 18 heavy (non-hydrogen) atoms. The van der Waals surface area contributed by atoms with Crippen LogP contribution in [0.15, 0.2) is 22.7 Å². The first-order valence-corrected chi connectivity index (χ1v) is 7.67. The summed E-state index contributed by atoms with van der Waals surface area (Å²) in [5.41, 5.74) is 3.07. The fraction of sp³-hybridized carbons (Fsp3) is 0.600. The predicted molar refractivity (Wildman–Crippen MR) is 76.8 cm³/mol. The van der Waals surface area contributed by atoms with E-state index in [1.165, 1.54) is 29.3 Å². The van der Waals surface area contributed by atoms with E-state index in [1.807, 2.05) is 0 Å². The third-order valence-corrected chi connectivity index (χ3v) is 4.59. The Labute approximate surface area is 117 Å². The van der Waals surface area contributed by atoms with Crippen molar-refractivity contribution < 1.29 is 4.74 Å². The lowest BCUT2D eigenvalue weighted by Crippen LogP contribution is -2.43. The molecule has 1 saturated heterocycles. The summed E-state index contributed by atoms with van der Waals surface area (Å²) in [6.45, 7) is 5.20. The Bertz CT molecular complexity index is 435. The lowest BCUT2D eigenvalue weighted by Gasteiger charge is -2.40. The van der Waals surface area contributed by atoms with Gasteiger partial charge in [-0.15, -0.1) is 0 Å². The van der Waals surface area contributed by atoms with E-state index in [9.17, 15) is 0 Å². The second-order valence-electron chi connectivity index (χ2n) is 5.43. The molecule has 2 atom stereocenters. The Morgan fingerprint density at radius 2 is 2.28 bits per heavy atom. The highest BCUT2D eigenvalue weighted by molar-refractivity contribution is 9.10. The van der Waals surface area contributed by atoms with Crippen LogP contribution < -0.4 is 0 Å². The molecule has 0 spiro atoms. The van der Waals surface area contributed by atoms with E-state index in [0.29, 0.717) is 12.1 Å². The van der Waals surface area contributed by atoms with Crippen molar-refractivity contribution in [2.75, 3.05) is 19.7 Å². The highest BCUT2D eigenvalue weighted by Crippen LogP contribution is 2.36.